The summed E-state index contributed by atoms with van der Waals surface area (Å²) in [5.74, 6) is 1.56. The van der Waals surface area contributed by atoms with E-state index in [2.05, 4.69) is 10.3 Å². The fourth-order valence-corrected chi connectivity index (χ4v) is 1.33. The molecule has 0 fully saturated rings. The highest BCUT2D eigenvalue weighted by Crippen LogP contribution is 2.20. The molecule has 0 aliphatic heterocycles. The molecule has 0 bridgehead atoms. The van der Waals surface area contributed by atoms with Gasteiger partial charge in [0.15, 0.2) is 0 Å². The Bertz CT molecular complexity index is 468. The molecule has 0 saturated carbocycles. The number of aromatic nitrogens is 1. The fraction of sp³-hybridized carbons (Fsp3) is 0.0833. The van der Waals surface area contributed by atoms with Crippen LogP contribution in [-0.4, -0.2) is 12.1 Å². The summed E-state index contributed by atoms with van der Waals surface area (Å²) in [6.45, 7) is 0. The summed E-state index contributed by atoms with van der Waals surface area (Å²) in [6.07, 6.45) is 1.61. The Morgan fingerprint density at radius 1 is 1.25 bits per heavy atom. The SMILES string of the molecule is COc1cccc(Nc2ccc(N)cn2)c1. The summed E-state index contributed by atoms with van der Waals surface area (Å²) in [5.41, 5.74) is 7.13. The highest BCUT2D eigenvalue weighted by Gasteiger charge is 1.97. The zero-order chi connectivity index (χ0) is 11.4. The normalized spacial score (nSPS) is 9.81. The van der Waals surface area contributed by atoms with E-state index in [1.165, 1.54) is 0 Å². The molecule has 2 aromatic rings. The number of nitrogen functional groups attached to an aromatic ring is 1. The molecule has 0 spiro atoms. The fourth-order valence-electron chi connectivity index (χ4n) is 1.33. The van der Waals surface area contributed by atoms with Gasteiger partial charge in [0.05, 0.1) is 19.0 Å². The maximum Gasteiger partial charge on any atom is 0.130 e. The molecule has 0 atom stereocenters. The van der Waals surface area contributed by atoms with Crippen LogP contribution in [0.1, 0.15) is 0 Å². The number of nitrogens with two attached hydrogens (primary N) is 1. The van der Waals surface area contributed by atoms with Crippen LogP contribution in [0, 0.1) is 0 Å². The van der Waals surface area contributed by atoms with E-state index in [9.17, 15) is 0 Å². The van der Waals surface area contributed by atoms with Gasteiger partial charge in [-0.2, -0.15) is 0 Å². The first-order chi connectivity index (χ1) is 7.78. The van der Waals surface area contributed by atoms with E-state index in [4.69, 9.17) is 10.5 Å². The van der Waals surface area contributed by atoms with Crippen LogP contribution >= 0.6 is 0 Å². The summed E-state index contributed by atoms with van der Waals surface area (Å²) in [5, 5.41) is 3.16. The Morgan fingerprint density at radius 3 is 2.81 bits per heavy atom. The third-order valence-electron chi connectivity index (χ3n) is 2.13. The molecular formula is C12H13N3O. The molecule has 3 N–H and O–H groups in total. The van der Waals surface area contributed by atoms with Crippen molar-refractivity contribution >= 4 is 17.2 Å². The summed E-state index contributed by atoms with van der Waals surface area (Å²) < 4.78 is 5.13. The van der Waals surface area contributed by atoms with Gasteiger partial charge >= 0.3 is 0 Å². The van der Waals surface area contributed by atoms with Crippen LogP contribution in [0.15, 0.2) is 42.6 Å². The van der Waals surface area contributed by atoms with Gasteiger partial charge in [0.2, 0.25) is 0 Å². The number of methoxy groups -OCH3 is 1. The van der Waals surface area contributed by atoms with E-state index in [-0.39, 0.29) is 0 Å². The first-order valence-corrected chi connectivity index (χ1v) is 4.90. The minimum Gasteiger partial charge on any atom is -0.497 e. The van der Waals surface area contributed by atoms with Crippen molar-refractivity contribution < 1.29 is 4.74 Å². The van der Waals surface area contributed by atoms with Gasteiger partial charge in [-0.25, -0.2) is 4.98 Å². The minimum absolute atomic E-state index is 0.649. The Kier molecular flexibility index (Phi) is 2.91. The van der Waals surface area contributed by atoms with Gasteiger partial charge < -0.3 is 15.8 Å². The number of ether oxygens (including phenoxy) is 1. The average Bonchev–Trinajstić information content (AvgIpc) is 2.32. The molecule has 1 aromatic heterocycles. The summed E-state index contributed by atoms with van der Waals surface area (Å²) in [4.78, 5) is 4.15. The van der Waals surface area contributed by atoms with Gasteiger partial charge in [-0.1, -0.05) is 6.07 Å². The molecule has 0 amide bonds. The monoisotopic (exact) mass is 215 g/mol. The third-order valence-corrected chi connectivity index (χ3v) is 2.13. The molecular weight excluding hydrogens is 202 g/mol. The molecule has 0 aliphatic rings. The number of benzene rings is 1. The van der Waals surface area contributed by atoms with Crippen molar-refractivity contribution in [2.45, 2.75) is 0 Å². The van der Waals surface area contributed by atoms with Crippen molar-refractivity contribution in [1.82, 2.24) is 4.98 Å². The number of rotatable bonds is 3. The standard InChI is InChI=1S/C12H13N3O/c1-16-11-4-2-3-10(7-11)15-12-6-5-9(13)8-14-12/h2-8H,13H2,1H3,(H,14,15). The van der Waals surface area contributed by atoms with Crippen LogP contribution < -0.4 is 15.8 Å². The lowest BCUT2D eigenvalue weighted by atomic mass is 10.3. The van der Waals surface area contributed by atoms with Crippen molar-refractivity contribution in [1.29, 1.82) is 0 Å². The highest BCUT2D eigenvalue weighted by atomic mass is 16.5. The first-order valence-electron chi connectivity index (χ1n) is 4.90. The molecule has 16 heavy (non-hydrogen) atoms. The van der Waals surface area contributed by atoms with Crippen LogP contribution in [0.5, 0.6) is 5.75 Å². The van der Waals surface area contributed by atoms with Crippen LogP contribution in [0.2, 0.25) is 0 Å². The van der Waals surface area contributed by atoms with E-state index in [1.807, 2.05) is 30.3 Å². The zero-order valence-corrected chi connectivity index (χ0v) is 8.97. The molecule has 82 valence electrons. The second-order valence-electron chi connectivity index (χ2n) is 3.33. The van der Waals surface area contributed by atoms with Gasteiger partial charge in [-0.15, -0.1) is 0 Å². The molecule has 4 nitrogen and oxygen atoms in total. The number of nitrogens with one attached hydrogen (secondary N) is 1. The predicted octanol–water partition coefficient (Wildman–Crippen LogP) is 2.42. The summed E-state index contributed by atoms with van der Waals surface area (Å²) in [6, 6.07) is 11.3. The van der Waals surface area contributed by atoms with E-state index in [0.29, 0.717) is 5.69 Å². The molecule has 0 radical (unpaired) electrons. The molecule has 1 aromatic carbocycles. The van der Waals surface area contributed by atoms with Crippen LogP contribution in [0.3, 0.4) is 0 Å². The first kappa shape index (κ1) is 10.3. The van der Waals surface area contributed by atoms with Gasteiger partial charge in [0, 0.05) is 11.8 Å². The Morgan fingerprint density at radius 2 is 2.12 bits per heavy atom. The number of hydrogen-bond donors (Lipinski definition) is 2. The number of pyridine rings is 1. The molecule has 0 aliphatic carbocycles. The molecule has 1 heterocycles. The molecule has 2 rings (SSSR count). The average molecular weight is 215 g/mol. The second kappa shape index (κ2) is 4.53. The van der Waals surface area contributed by atoms with Gasteiger partial charge in [-0.05, 0) is 24.3 Å². The van der Waals surface area contributed by atoms with Gasteiger partial charge in [-0.3, -0.25) is 0 Å². The van der Waals surface area contributed by atoms with Crippen molar-refractivity contribution in [3.63, 3.8) is 0 Å². The molecule has 0 saturated heterocycles. The Hall–Kier alpha value is -2.23. The lowest BCUT2D eigenvalue weighted by molar-refractivity contribution is 0.415. The lowest BCUT2D eigenvalue weighted by Crippen LogP contribution is -1.94. The zero-order valence-electron chi connectivity index (χ0n) is 8.97. The number of anilines is 3. The smallest absolute Gasteiger partial charge is 0.130 e. The molecule has 4 heteroatoms. The summed E-state index contributed by atoms with van der Waals surface area (Å²) >= 11 is 0. The van der Waals surface area contributed by atoms with Crippen molar-refractivity contribution in [2.24, 2.45) is 0 Å². The predicted molar refractivity (Wildman–Crippen MR) is 64.9 cm³/mol. The second-order valence-corrected chi connectivity index (χ2v) is 3.33. The maximum absolute atomic E-state index is 5.56. The third kappa shape index (κ3) is 2.42. The summed E-state index contributed by atoms with van der Waals surface area (Å²) in [7, 11) is 1.64. The van der Waals surface area contributed by atoms with Crippen LogP contribution in [0.4, 0.5) is 17.2 Å². The quantitative estimate of drug-likeness (QED) is 0.825. The van der Waals surface area contributed by atoms with Crippen LogP contribution in [0.25, 0.3) is 0 Å². The lowest BCUT2D eigenvalue weighted by Gasteiger charge is -2.07. The minimum atomic E-state index is 0.649. The van der Waals surface area contributed by atoms with Crippen molar-refractivity contribution in [2.75, 3.05) is 18.2 Å². The van der Waals surface area contributed by atoms with Gasteiger partial charge in [0.1, 0.15) is 11.6 Å². The Labute approximate surface area is 94.1 Å². The van der Waals surface area contributed by atoms with Crippen LogP contribution in [-0.2, 0) is 0 Å². The van der Waals surface area contributed by atoms with Crippen molar-refractivity contribution in [3.8, 4) is 5.75 Å². The van der Waals surface area contributed by atoms with Crippen molar-refractivity contribution in [3.05, 3.63) is 42.6 Å². The van der Waals surface area contributed by atoms with E-state index < -0.39 is 0 Å². The molecule has 0 unspecified atom stereocenters. The van der Waals surface area contributed by atoms with E-state index in [0.717, 1.165) is 17.3 Å². The Balaban J connectivity index is 2.16. The number of hydrogen-bond acceptors (Lipinski definition) is 4. The number of nitrogens with zero attached hydrogens (tertiary/aromatic N) is 1. The maximum atomic E-state index is 5.56. The topological polar surface area (TPSA) is 60.2 Å². The van der Waals surface area contributed by atoms with Gasteiger partial charge in [0.25, 0.3) is 0 Å². The largest absolute Gasteiger partial charge is 0.497 e. The highest BCUT2D eigenvalue weighted by molar-refractivity contribution is 5.59. The van der Waals surface area contributed by atoms with E-state index in [1.54, 1.807) is 19.4 Å². The van der Waals surface area contributed by atoms with E-state index >= 15 is 0 Å².